The van der Waals surface area contributed by atoms with Crippen LogP contribution in [-0.2, 0) is 0 Å². The highest BCUT2D eigenvalue weighted by Gasteiger charge is 2.12. The van der Waals surface area contributed by atoms with Gasteiger partial charge in [0.15, 0.2) is 0 Å². The van der Waals surface area contributed by atoms with Crippen molar-refractivity contribution in [2.45, 2.75) is 26.8 Å². The Bertz CT molecular complexity index is 355. The van der Waals surface area contributed by atoms with Crippen LogP contribution >= 0.6 is 11.6 Å². The summed E-state index contributed by atoms with van der Waals surface area (Å²) in [5.74, 6) is 1.04. The summed E-state index contributed by atoms with van der Waals surface area (Å²) in [6.07, 6.45) is 0. The average molecular weight is 258 g/mol. The van der Waals surface area contributed by atoms with Gasteiger partial charge in [0.25, 0.3) is 0 Å². The number of ether oxygens (including phenoxy) is 1. The van der Waals surface area contributed by atoms with Crippen LogP contribution in [0.5, 0.6) is 5.75 Å². The standard InChI is InChI=1S/C13H20ClNO2/c1-4-17-13-6-5-10(7-11(13)14)15-12(8-16)9(2)3/h5-7,9,12,15-16H,4,8H2,1-3H3. The van der Waals surface area contributed by atoms with E-state index in [1.165, 1.54) is 0 Å². The first-order valence-corrected chi connectivity index (χ1v) is 6.26. The summed E-state index contributed by atoms with van der Waals surface area (Å²) in [7, 11) is 0. The topological polar surface area (TPSA) is 41.5 Å². The van der Waals surface area contributed by atoms with Crippen LogP contribution in [-0.4, -0.2) is 24.4 Å². The van der Waals surface area contributed by atoms with Crippen LogP contribution < -0.4 is 10.1 Å². The summed E-state index contributed by atoms with van der Waals surface area (Å²) in [6, 6.07) is 5.59. The predicted octanol–water partition coefficient (Wildman–Crippen LogP) is 3.17. The third-order valence-electron chi connectivity index (χ3n) is 2.59. The first-order valence-electron chi connectivity index (χ1n) is 5.88. The molecule has 0 bridgehead atoms. The molecule has 0 radical (unpaired) electrons. The van der Waals surface area contributed by atoms with Crippen molar-refractivity contribution in [1.29, 1.82) is 0 Å². The van der Waals surface area contributed by atoms with Crippen LogP contribution in [0.2, 0.25) is 5.02 Å². The van der Waals surface area contributed by atoms with E-state index in [9.17, 15) is 5.11 Å². The van der Waals surface area contributed by atoms with Crippen molar-refractivity contribution in [1.82, 2.24) is 0 Å². The number of aliphatic hydroxyl groups excluding tert-OH is 1. The van der Waals surface area contributed by atoms with Crippen molar-refractivity contribution in [3.63, 3.8) is 0 Å². The van der Waals surface area contributed by atoms with Gasteiger partial charge in [-0.05, 0) is 31.0 Å². The van der Waals surface area contributed by atoms with Crippen molar-refractivity contribution < 1.29 is 9.84 Å². The summed E-state index contributed by atoms with van der Waals surface area (Å²) in [5, 5.41) is 13.1. The molecule has 4 heteroatoms. The maximum atomic E-state index is 9.25. The number of rotatable bonds is 6. The zero-order valence-corrected chi connectivity index (χ0v) is 11.3. The third kappa shape index (κ3) is 4.10. The Kier molecular flexibility index (Phi) is 5.59. The SMILES string of the molecule is CCOc1ccc(NC(CO)C(C)C)cc1Cl. The first-order chi connectivity index (χ1) is 8.08. The lowest BCUT2D eigenvalue weighted by Crippen LogP contribution is -2.29. The fourth-order valence-electron chi connectivity index (χ4n) is 1.50. The second kappa shape index (κ2) is 6.72. The molecule has 2 N–H and O–H groups in total. The van der Waals surface area contributed by atoms with Crippen LogP contribution in [0.1, 0.15) is 20.8 Å². The minimum atomic E-state index is 0.0315. The quantitative estimate of drug-likeness (QED) is 0.823. The fourth-order valence-corrected chi connectivity index (χ4v) is 1.74. The third-order valence-corrected chi connectivity index (χ3v) is 2.88. The zero-order chi connectivity index (χ0) is 12.8. The molecule has 0 aromatic heterocycles. The molecular formula is C13H20ClNO2. The van der Waals surface area contributed by atoms with E-state index in [-0.39, 0.29) is 12.6 Å². The van der Waals surface area contributed by atoms with Gasteiger partial charge in [-0.2, -0.15) is 0 Å². The van der Waals surface area contributed by atoms with Crippen LogP contribution in [0.15, 0.2) is 18.2 Å². The summed E-state index contributed by atoms with van der Waals surface area (Å²) in [4.78, 5) is 0. The second-order valence-electron chi connectivity index (χ2n) is 4.26. The molecule has 0 heterocycles. The lowest BCUT2D eigenvalue weighted by atomic mass is 10.1. The Balaban J connectivity index is 2.76. The Labute approximate surface area is 108 Å². The van der Waals surface area contributed by atoms with Gasteiger partial charge in [-0.3, -0.25) is 0 Å². The molecule has 1 aromatic rings. The van der Waals surface area contributed by atoms with E-state index < -0.39 is 0 Å². The molecule has 0 spiro atoms. The number of aliphatic hydroxyl groups is 1. The highest BCUT2D eigenvalue weighted by atomic mass is 35.5. The number of hydrogen-bond donors (Lipinski definition) is 2. The molecule has 1 aromatic carbocycles. The lowest BCUT2D eigenvalue weighted by molar-refractivity contribution is 0.249. The molecule has 1 unspecified atom stereocenters. The smallest absolute Gasteiger partial charge is 0.138 e. The van der Waals surface area contributed by atoms with Gasteiger partial charge >= 0.3 is 0 Å². The summed E-state index contributed by atoms with van der Waals surface area (Å²) in [5.41, 5.74) is 0.895. The van der Waals surface area contributed by atoms with Crippen molar-refractivity contribution >= 4 is 17.3 Å². The molecule has 0 aliphatic carbocycles. The van der Waals surface area contributed by atoms with Gasteiger partial charge in [-0.1, -0.05) is 25.4 Å². The fraction of sp³-hybridized carbons (Fsp3) is 0.538. The Morgan fingerprint density at radius 1 is 1.41 bits per heavy atom. The average Bonchev–Trinajstić information content (AvgIpc) is 2.29. The van der Waals surface area contributed by atoms with E-state index in [1.807, 2.05) is 25.1 Å². The molecule has 17 heavy (non-hydrogen) atoms. The molecule has 3 nitrogen and oxygen atoms in total. The summed E-state index contributed by atoms with van der Waals surface area (Å²) in [6.45, 7) is 6.73. The molecule has 0 saturated heterocycles. The highest BCUT2D eigenvalue weighted by Crippen LogP contribution is 2.28. The predicted molar refractivity (Wildman–Crippen MR) is 72.0 cm³/mol. The van der Waals surface area contributed by atoms with Crippen LogP contribution in [0.3, 0.4) is 0 Å². The van der Waals surface area contributed by atoms with Gasteiger partial charge in [-0.15, -0.1) is 0 Å². The van der Waals surface area contributed by atoms with Gasteiger partial charge in [0.2, 0.25) is 0 Å². The second-order valence-corrected chi connectivity index (χ2v) is 4.66. The number of halogens is 1. The van der Waals surface area contributed by atoms with Gasteiger partial charge in [0.1, 0.15) is 5.75 Å². The highest BCUT2D eigenvalue weighted by molar-refractivity contribution is 6.32. The van der Waals surface area contributed by atoms with Crippen LogP contribution in [0.4, 0.5) is 5.69 Å². The van der Waals surface area contributed by atoms with E-state index in [4.69, 9.17) is 16.3 Å². The molecule has 0 aliphatic heterocycles. The minimum Gasteiger partial charge on any atom is -0.492 e. The molecule has 0 saturated carbocycles. The molecule has 96 valence electrons. The maximum Gasteiger partial charge on any atom is 0.138 e. The molecule has 1 rings (SSSR count). The maximum absolute atomic E-state index is 9.25. The van der Waals surface area contributed by atoms with Crippen molar-refractivity contribution in [3.05, 3.63) is 23.2 Å². The molecule has 0 aliphatic rings. The van der Waals surface area contributed by atoms with E-state index >= 15 is 0 Å². The van der Waals surface area contributed by atoms with E-state index in [0.29, 0.717) is 23.3 Å². The molecule has 1 atom stereocenters. The Hall–Kier alpha value is -0.930. The molecule has 0 fully saturated rings. The van der Waals surface area contributed by atoms with Crippen molar-refractivity contribution in [3.8, 4) is 5.75 Å². The van der Waals surface area contributed by atoms with E-state index in [0.717, 1.165) is 5.69 Å². The van der Waals surface area contributed by atoms with Gasteiger partial charge in [-0.25, -0.2) is 0 Å². The largest absolute Gasteiger partial charge is 0.492 e. The van der Waals surface area contributed by atoms with Crippen molar-refractivity contribution in [2.75, 3.05) is 18.5 Å². The molecule has 0 amide bonds. The van der Waals surface area contributed by atoms with E-state index in [1.54, 1.807) is 0 Å². The minimum absolute atomic E-state index is 0.0315. The Morgan fingerprint density at radius 2 is 2.12 bits per heavy atom. The number of nitrogens with one attached hydrogen (secondary N) is 1. The molecular weight excluding hydrogens is 238 g/mol. The number of hydrogen-bond acceptors (Lipinski definition) is 3. The van der Waals surface area contributed by atoms with Gasteiger partial charge in [0.05, 0.1) is 24.3 Å². The van der Waals surface area contributed by atoms with Crippen molar-refractivity contribution in [2.24, 2.45) is 5.92 Å². The van der Waals surface area contributed by atoms with Crippen LogP contribution in [0.25, 0.3) is 0 Å². The van der Waals surface area contributed by atoms with Crippen LogP contribution in [0, 0.1) is 5.92 Å². The first kappa shape index (κ1) is 14.1. The number of benzene rings is 1. The lowest BCUT2D eigenvalue weighted by Gasteiger charge is -2.21. The Morgan fingerprint density at radius 3 is 2.59 bits per heavy atom. The normalized spacial score (nSPS) is 12.6. The van der Waals surface area contributed by atoms with Gasteiger partial charge < -0.3 is 15.2 Å². The summed E-state index contributed by atoms with van der Waals surface area (Å²) >= 11 is 6.09. The summed E-state index contributed by atoms with van der Waals surface area (Å²) < 4.78 is 5.36. The zero-order valence-electron chi connectivity index (χ0n) is 10.5. The number of anilines is 1. The monoisotopic (exact) mass is 257 g/mol. The van der Waals surface area contributed by atoms with E-state index in [2.05, 4.69) is 19.2 Å². The van der Waals surface area contributed by atoms with Gasteiger partial charge in [0, 0.05) is 5.69 Å².